The van der Waals surface area contributed by atoms with Gasteiger partial charge in [0, 0.05) is 0 Å². The second kappa shape index (κ2) is 7.44. The molecule has 0 heterocycles. The third-order valence-corrected chi connectivity index (χ3v) is 5.13. The second-order valence-corrected chi connectivity index (χ2v) is 7.23. The van der Waals surface area contributed by atoms with Gasteiger partial charge in [-0.2, -0.15) is 0 Å². The van der Waals surface area contributed by atoms with Gasteiger partial charge in [0.2, 0.25) is 0 Å². The Morgan fingerprint density at radius 3 is 2.71 bits per heavy atom. The van der Waals surface area contributed by atoms with Crippen LogP contribution in [0.3, 0.4) is 0 Å². The average molecular weight is 294 g/mol. The Kier molecular flexibility index (Phi) is 5.86. The molecule has 1 N–H and O–H groups in total. The van der Waals surface area contributed by atoms with E-state index < -0.39 is 12.1 Å². The van der Waals surface area contributed by atoms with Gasteiger partial charge < -0.3 is 9.84 Å². The molecule has 3 heteroatoms. The van der Waals surface area contributed by atoms with E-state index in [9.17, 15) is 9.90 Å². The summed E-state index contributed by atoms with van der Waals surface area (Å²) in [6, 6.07) is 0. The van der Waals surface area contributed by atoms with Crippen LogP contribution >= 0.6 is 0 Å². The summed E-state index contributed by atoms with van der Waals surface area (Å²) in [5, 5.41) is 10.2. The van der Waals surface area contributed by atoms with Gasteiger partial charge in [0.05, 0.1) is 0 Å². The number of rotatable bonds is 4. The summed E-state index contributed by atoms with van der Waals surface area (Å²) in [7, 11) is 0. The highest BCUT2D eigenvalue weighted by molar-refractivity contribution is 5.78. The standard InChI is InChI=1S/C18H30O3/c1-12(2)15-10-9-13(3)11-16(15)21-18(20)17(19)14-7-5-4-6-8-14/h7,12-13,15-17,19H,4-6,8-11H2,1-3H3/t13-,15+,16-,17+/m1/s1. The molecule has 0 spiro atoms. The van der Waals surface area contributed by atoms with Crippen molar-refractivity contribution in [1.29, 1.82) is 0 Å². The van der Waals surface area contributed by atoms with Crippen LogP contribution in [0.4, 0.5) is 0 Å². The molecule has 2 aliphatic carbocycles. The number of esters is 1. The van der Waals surface area contributed by atoms with Gasteiger partial charge in [0.1, 0.15) is 6.10 Å². The maximum Gasteiger partial charge on any atom is 0.339 e. The third kappa shape index (κ3) is 4.32. The average Bonchev–Trinajstić information content (AvgIpc) is 2.47. The van der Waals surface area contributed by atoms with Gasteiger partial charge >= 0.3 is 5.97 Å². The van der Waals surface area contributed by atoms with E-state index in [1.165, 1.54) is 6.42 Å². The number of allylic oxidation sites excluding steroid dienone is 1. The summed E-state index contributed by atoms with van der Waals surface area (Å²) in [6.07, 6.45) is 8.21. The first-order valence-corrected chi connectivity index (χ1v) is 8.56. The summed E-state index contributed by atoms with van der Waals surface area (Å²) in [5.74, 6) is 1.11. The lowest BCUT2D eigenvalue weighted by atomic mass is 9.75. The molecule has 0 aromatic carbocycles. The monoisotopic (exact) mass is 294 g/mol. The fraction of sp³-hybridized carbons (Fsp3) is 0.833. The van der Waals surface area contributed by atoms with Crippen LogP contribution in [0.15, 0.2) is 11.6 Å². The normalized spacial score (nSPS) is 31.7. The first-order chi connectivity index (χ1) is 9.99. The van der Waals surface area contributed by atoms with E-state index in [0.29, 0.717) is 17.8 Å². The molecule has 1 fully saturated rings. The molecule has 0 radical (unpaired) electrons. The van der Waals surface area contributed by atoms with Gasteiger partial charge in [-0.3, -0.25) is 0 Å². The van der Waals surface area contributed by atoms with Crippen LogP contribution in [0.5, 0.6) is 0 Å². The molecule has 0 aromatic rings. The minimum atomic E-state index is -1.05. The maximum absolute atomic E-state index is 12.3. The molecular formula is C18H30O3. The van der Waals surface area contributed by atoms with Crippen LogP contribution < -0.4 is 0 Å². The molecule has 0 bridgehead atoms. The Labute approximate surface area is 128 Å². The van der Waals surface area contributed by atoms with Gasteiger partial charge in [-0.25, -0.2) is 4.79 Å². The van der Waals surface area contributed by atoms with Crippen LogP contribution in [-0.2, 0) is 9.53 Å². The Hall–Kier alpha value is -0.830. The van der Waals surface area contributed by atoms with E-state index in [1.54, 1.807) is 0 Å². The van der Waals surface area contributed by atoms with Gasteiger partial charge in [0.15, 0.2) is 6.10 Å². The van der Waals surface area contributed by atoms with Crippen LogP contribution in [0.1, 0.15) is 65.7 Å². The minimum absolute atomic E-state index is 0.0277. The van der Waals surface area contributed by atoms with Crippen LogP contribution in [-0.4, -0.2) is 23.3 Å². The molecular weight excluding hydrogens is 264 g/mol. The SMILES string of the molecule is CC(C)[C@@H]1CC[C@@H](C)C[C@H]1OC(=O)[C@@H](O)C1=CCCCC1. The van der Waals surface area contributed by atoms with Gasteiger partial charge in [0.25, 0.3) is 0 Å². The Balaban J connectivity index is 1.97. The first-order valence-electron chi connectivity index (χ1n) is 8.56. The molecule has 0 amide bonds. The molecule has 2 rings (SSSR count). The van der Waals surface area contributed by atoms with Crippen molar-refractivity contribution in [2.75, 3.05) is 0 Å². The molecule has 0 aromatic heterocycles. The van der Waals surface area contributed by atoms with Crippen molar-refractivity contribution < 1.29 is 14.6 Å². The van der Waals surface area contributed by atoms with Crippen molar-refractivity contribution in [1.82, 2.24) is 0 Å². The molecule has 2 aliphatic rings. The van der Waals surface area contributed by atoms with E-state index in [1.807, 2.05) is 6.08 Å². The number of aliphatic hydroxyl groups excluding tert-OH is 1. The van der Waals surface area contributed by atoms with Crippen molar-refractivity contribution in [3.8, 4) is 0 Å². The summed E-state index contributed by atoms with van der Waals surface area (Å²) in [5.41, 5.74) is 0.858. The Morgan fingerprint density at radius 1 is 1.33 bits per heavy atom. The number of carbonyl (C=O) groups excluding carboxylic acids is 1. The van der Waals surface area contributed by atoms with Crippen molar-refractivity contribution in [2.45, 2.75) is 77.9 Å². The fourth-order valence-electron chi connectivity index (χ4n) is 3.73. The van der Waals surface area contributed by atoms with Crippen molar-refractivity contribution in [2.24, 2.45) is 17.8 Å². The third-order valence-electron chi connectivity index (χ3n) is 5.13. The van der Waals surface area contributed by atoms with Crippen LogP contribution in [0, 0.1) is 17.8 Å². The molecule has 4 atom stereocenters. The fourth-order valence-corrected chi connectivity index (χ4v) is 3.73. The number of hydrogen-bond acceptors (Lipinski definition) is 3. The molecule has 3 nitrogen and oxygen atoms in total. The topological polar surface area (TPSA) is 46.5 Å². The predicted molar refractivity (Wildman–Crippen MR) is 83.8 cm³/mol. The van der Waals surface area contributed by atoms with E-state index in [4.69, 9.17) is 4.74 Å². The molecule has 0 unspecified atom stereocenters. The van der Waals surface area contributed by atoms with E-state index in [-0.39, 0.29) is 6.10 Å². The lowest BCUT2D eigenvalue weighted by Crippen LogP contribution is -2.39. The minimum Gasteiger partial charge on any atom is -0.460 e. The van der Waals surface area contributed by atoms with Gasteiger partial charge in [-0.15, -0.1) is 0 Å². The zero-order valence-electron chi connectivity index (χ0n) is 13.7. The van der Waals surface area contributed by atoms with Crippen molar-refractivity contribution >= 4 is 5.97 Å². The Bertz CT molecular complexity index is 386. The highest BCUT2D eigenvalue weighted by atomic mass is 16.6. The molecule has 0 saturated heterocycles. The van der Waals surface area contributed by atoms with Crippen LogP contribution in [0.25, 0.3) is 0 Å². The van der Waals surface area contributed by atoms with Gasteiger partial charge in [-0.05, 0) is 61.9 Å². The molecule has 1 saturated carbocycles. The lowest BCUT2D eigenvalue weighted by Gasteiger charge is -2.37. The zero-order chi connectivity index (χ0) is 15.4. The largest absolute Gasteiger partial charge is 0.460 e. The second-order valence-electron chi connectivity index (χ2n) is 7.23. The summed E-state index contributed by atoms with van der Waals surface area (Å²) in [4.78, 5) is 12.3. The smallest absolute Gasteiger partial charge is 0.339 e. The number of hydrogen-bond donors (Lipinski definition) is 1. The molecule has 0 aliphatic heterocycles. The number of aliphatic hydroxyl groups is 1. The molecule has 21 heavy (non-hydrogen) atoms. The Morgan fingerprint density at radius 2 is 2.10 bits per heavy atom. The summed E-state index contributed by atoms with van der Waals surface area (Å²) < 4.78 is 5.72. The summed E-state index contributed by atoms with van der Waals surface area (Å²) in [6.45, 7) is 6.61. The predicted octanol–water partition coefficient (Wildman–Crippen LogP) is 3.85. The van der Waals surface area contributed by atoms with Crippen molar-refractivity contribution in [3.63, 3.8) is 0 Å². The highest BCUT2D eigenvalue weighted by Gasteiger charge is 2.35. The van der Waals surface area contributed by atoms with Crippen molar-refractivity contribution in [3.05, 3.63) is 11.6 Å². The summed E-state index contributed by atoms with van der Waals surface area (Å²) >= 11 is 0. The first kappa shape index (κ1) is 16.5. The number of carbonyl (C=O) groups is 1. The van der Waals surface area contributed by atoms with E-state index in [2.05, 4.69) is 20.8 Å². The quantitative estimate of drug-likeness (QED) is 0.633. The number of ether oxygens (including phenoxy) is 1. The highest BCUT2D eigenvalue weighted by Crippen LogP contribution is 2.35. The molecule has 120 valence electrons. The van der Waals surface area contributed by atoms with E-state index in [0.717, 1.165) is 44.1 Å². The van der Waals surface area contributed by atoms with E-state index >= 15 is 0 Å². The zero-order valence-corrected chi connectivity index (χ0v) is 13.7. The maximum atomic E-state index is 12.3. The van der Waals surface area contributed by atoms with Crippen LogP contribution in [0.2, 0.25) is 0 Å². The van der Waals surface area contributed by atoms with Gasteiger partial charge in [-0.1, -0.05) is 33.3 Å². The lowest BCUT2D eigenvalue weighted by molar-refractivity contribution is -0.164.